The fraction of sp³-hybridized carbons (Fsp3) is 0.333. The minimum atomic E-state index is -0.940. The molecule has 0 aliphatic carbocycles. The number of hydrogen-bond donors (Lipinski definition) is 1. The number of aliphatic carboxylic acids is 1. The maximum absolute atomic E-state index is 12.2. The first-order valence-electron chi connectivity index (χ1n) is 5.55. The van der Waals surface area contributed by atoms with E-state index in [0.29, 0.717) is 21.5 Å². The van der Waals surface area contributed by atoms with Gasteiger partial charge in [0.1, 0.15) is 0 Å². The Morgan fingerprint density at radius 2 is 2.00 bits per heavy atom. The Morgan fingerprint density at radius 3 is 2.63 bits per heavy atom. The summed E-state index contributed by atoms with van der Waals surface area (Å²) in [5.74, 6) is -0.120. The Bertz CT molecular complexity index is 531. The summed E-state index contributed by atoms with van der Waals surface area (Å²) in [7, 11) is 1.56. The highest BCUT2D eigenvalue weighted by molar-refractivity contribution is 9.10. The minimum Gasteiger partial charge on any atom is -0.481 e. The van der Waals surface area contributed by atoms with Gasteiger partial charge in [0.15, 0.2) is 11.5 Å². The third kappa shape index (κ3) is 2.98. The number of carboxylic acids is 1. The van der Waals surface area contributed by atoms with Gasteiger partial charge in [-0.2, -0.15) is 0 Å². The molecule has 1 aliphatic heterocycles. The fourth-order valence-electron chi connectivity index (χ4n) is 1.65. The van der Waals surface area contributed by atoms with Crippen LogP contribution in [0.1, 0.15) is 16.8 Å². The molecule has 0 unspecified atom stereocenters. The van der Waals surface area contributed by atoms with E-state index in [1.54, 1.807) is 19.2 Å². The maximum atomic E-state index is 12.2. The number of carbonyl (C=O) groups excluding carboxylic acids is 1. The van der Waals surface area contributed by atoms with Crippen LogP contribution in [0.15, 0.2) is 16.6 Å². The van der Waals surface area contributed by atoms with Crippen LogP contribution in [0.4, 0.5) is 0 Å². The molecule has 0 saturated carbocycles. The second-order valence-corrected chi connectivity index (χ2v) is 4.91. The van der Waals surface area contributed by atoms with Crippen LogP contribution < -0.4 is 9.47 Å². The molecule has 0 radical (unpaired) electrons. The van der Waals surface area contributed by atoms with E-state index < -0.39 is 5.97 Å². The Morgan fingerprint density at radius 1 is 1.37 bits per heavy atom. The van der Waals surface area contributed by atoms with Gasteiger partial charge in [0.05, 0.1) is 12.0 Å². The van der Waals surface area contributed by atoms with Crippen molar-refractivity contribution < 1.29 is 24.2 Å². The van der Waals surface area contributed by atoms with Crippen molar-refractivity contribution in [3.63, 3.8) is 0 Å². The summed E-state index contributed by atoms with van der Waals surface area (Å²) in [5.41, 5.74) is 0.414. The highest BCUT2D eigenvalue weighted by atomic mass is 79.9. The molecule has 1 heterocycles. The van der Waals surface area contributed by atoms with Gasteiger partial charge in [-0.25, -0.2) is 0 Å². The van der Waals surface area contributed by atoms with Crippen molar-refractivity contribution in [3.8, 4) is 11.5 Å². The van der Waals surface area contributed by atoms with Crippen molar-refractivity contribution in [2.24, 2.45) is 0 Å². The van der Waals surface area contributed by atoms with Gasteiger partial charge in [0.25, 0.3) is 5.91 Å². The Labute approximate surface area is 118 Å². The zero-order valence-electron chi connectivity index (χ0n) is 10.2. The quantitative estimate of drug-likeness (QED) is 0.910. The van der Waals surface area contributed by atoms with Crippen LogP contribution in [0.2, 0.25) is 0 Å². The summed E-state index contributed by atoms with van der Waals surface area (Å²) >= 11 is 3.30. The Balaban J connectivity index is 2.17. The van der Waals surface area contributed by atoms with Crippen LogP contribution in [0.25, 0.3) is 0 Å². The van der Waals surface area contributed by atoms with Gasteiger partial charge in [-0.15, -0.1) is 0 Å². The van der Waals surface area contributed by atoms with Crippen molar-refractivity contribution in [3.05, 3.63) is 22.2 Å². The number of ether oxygens (including phenoxy) is 2. The molecule has 19 heavy (non-hydrogen) atoms. The van der Waals surface area contributed by atoms with Gasteiger partial charge in [0, 0.05) is 18.1 Å². The highest BCUT2D eigenvalue weighted by Gasteiger charge is 2.22. The van der Waals surface area contributed by atoms with Crippen LogP contribution in [0, 0.1) is 0 Å². The number of nitrogens with zero attached hydrogens (tertiary/aromatic N) is 1. The molecule has 1 aliphatic rings. The van der Waals surface area contributed by atoms with Crippen molar-refractivity contribution >= 4 is 27.8 Å². The number of rotatable bonds is 4. The topological polar surface area (TPSA) is 76.1 Å². The lowest BCUT2D eigenvalue weighted by Crippen LogP contribution is -2.29. The third-order valence-electron chi connectivity index (χ3n) is 2.70. The van der Waals surface area contributed by atoms with E-state index >= 15 is 0 Å². The number of carbonyl (C=O) groups is 2. The molecule has 7 heteroatoms. The van der Waals surface area contributed by atoms with Crippen molar-refractivity contribution in [1.82, 2.24) is 4.90 Å². The van der Waals surface area contributed by atoms with Gasteiger partial charge in [-0.3, -0.25) is 9.59 Å². The first kappa shape index (κ1) is 13.7. The Kier molecular flexibility index (Phi) is 3.94. The van der Waals surface area contributed by atoms with Gasteiger partial charge in [0.2, 0.25) is 6.79 Å². The van der Waals surface area contributed by atoms with Gasteiger partial charge < -0.3 is 19.5 Å². The predicted octanol–water partition coefficient (Wildman–Crippen LogP) is 1.72. The molecule has 1 amide bonds. The lowest BCUT2D eigenvalue weighted by molar-refractivity contribution is -0.137. The van der Waals surface area contributed by atoms with Crippen molar-refractivity contribution in [1.29, 1.82) is 0 Å². The molecular formula is C12H12BrNO5. The van der Waals surface area contributed by atoms with Crippen molar-refractivity contribution in [2.75, 3.05) is 20.4 Å². The van der Waals surface area contributed by atoms with Crippen LogP contribution in [-0.4, -0.2) is 42.3 Å². The summed E-state index contributed by atoms with van der Waals surface area (Å²) < 4.78 is 11.0. The SMILES string of the molecule is CN(CCC(=O)O)C(=O)c1cc2c(cc1Br)OCO2. The van der Waals surface area contributed by atoms with E-state index in [9.17, 15) is 9.59 Å². The van der Waals surface area contributed by atoms with E-state index in [1.807, 2.05) is 0 Å². The van der Waals surface area contributed by atoms with E-state index in [1.165, 1.54) is 4.90 Å². The predicted molar refractivity (Wildman–Crippen MR) is 69.5 cm³/mol. The average molecular weight is 330 g/mol. The van der Waals surface area contributed by atoms with E-state index in [0.717, 1.165) is 0 Å². The van der Waals surface area contributed by atoms with Crippen LogP contribution in [0.3, 0.4) is 0 Å². The fourth-order valence-corrected chi connectivity index (χ4v) is 2.14. The standard InChI is InChI=1S/C12H12BrNO5/c1-14(3-2-11(15)16)12(17)7-4-9-10(5-8(7)13)19-6-18-9/h4-5H,2-3,6H2,1H3,(H,15,16). The molecule has 1 aromatic rings. The molecule has 0 fully saturated rings. The average Bonchev–Trinajstić information content (AvgIpc) is 2.80. The normalized spacial score (nSPS) is 12.3. The monoisotopic (exact) mass is 329 g/mol. The molecule has 0 saturated heterocycles. The number of carboxylic acid groups (broad SMARTS) is 1. The summed E-state index contributed by atoms with van der Waals surface area (Å²) in [6.07, 6.45) is -0.0928. The molecule has 102 valence electrons. The second-order valence-electron chi connectivity index (χ2n) is 4.06. The van der Waals surface area contributed by atoms with Crippen LogP contribution >= 0.6 is 15.9 Å². The molecule has 2 rings (SSSR count). The summed E-state index contributed by atoms with van der Waals surface area (Å²) in [6.45, 7) is 0.281. The van der Waals surface area contributed by atoms with Crippen LogP contribution in [0.5, 0.6) is 11.5 Å². The first-order valence-corrected chi connectivity index (χ1v) is 6.34. The zero-order chi connectivity index (χ0) is 14.0. The molecular weight excluding hydrogens is 318 g/mol. The number of halogens is 1. The number of amides is 1. The van der Waals surface area contributed by atoms with Gasteiger partial charge >= 0.3 is 5.97 Å². The Hall–Kier alpha value is -1.76. The molecule has 0 atom stereocenters. The molecule has 1 aromatic carbocycles. The zero-order valence-corrected chi connectivity index (χ0v) is 11.8. The van der Waals surface area contributed by atoms with E-state index in [2.05, 4.69) is 15.9 Å². The summed E-state index contributed by atoms with van der Waals surface area (Å²) in [4.78, 5) is 24.0. The first-order chi connectivity index (χ1) is 8.99. The van der Waals surface area contributed by atoms with Crippen molar-refractivity contribution in [2.45, 2.75) is 6.42 Å². The third-order valence-corrected chi connectivity index (χ3v) is 3.36. The molecule has 0 bridgehead atoms. The largest absolute Gasteiger partial charge is 0.481 e. The molecule has 0 aromatic heterocycles. The lowest BCUT2D eigenvalue weighted by Gasteiger charge is -2.17. The van der Waals surface area contributed by atoms with Gasteiger partial charge in [-0.1, -0.05) is 0 Å². The van der Waals surface area contributed by atoms with E-state index in [-0.39, 0.29) is 25.7 Å². The highest BCUT2D eigenvalue weighted by Crippen LogP contribution is 2.37. The van der Waals surface area contributed by atoms with Crippen LogP contribution in [-0.2, 0) is 4.79 Å². The summed E-state index contributed by atoms with van der Waals surface area (Å²) in [5, 5.41) is 8.61. The smallest absolute Gasteiger partial charge is 0.305 e. The molecule has 1 N–H and O–H groups in total. The lowest BCUT2D eigenvalue weighted by atomic mass is 10.1. The number of hydrogen-bond acceptors (Lipinski definition) is 4. The summed E-state index contributed by atoms with van der Waals surface area (Å²) in [6, 6.07) is 3.26. The van der Waals surface area contributed by atoms with Gasteiger partial charge in [-0.05, 0) is 28.1 Å². The second kappa shape index (κ2) is 5.48. The number of fused-ring (bicyclic) bond motifs is 1. The van der Waals surface area contributed by atoms with E-state index in [4.69, 9.17) is 14.6 Å². The molecule has 6 nitrogen and oxygen atoms in total. The maximum Gasteiger partial charge on any atom is 0.305 e. The molecule has 0 spiro atoms. The number of benzene rings is 1. The minimum absolute atomic E-state index is 0.0928.